The monoisotopic (exact) mass is 442 g/mol. The zero-order chi connectivity index (χ0) is 22.8. The van der Waals surface area contributed by atoms with E-state index in [1.165, 1.54) is 5.56 Å². The Kier molecular flexibility index (Phi) is 5.99. The summed E-state index contributed by atoms with van der Waals surface area (Å²) in [6.45, 7) is 4.50. The summed E-state index contributed by atoms with van der Waals surface area (Å²) in [7, 11) is 1.71. The van der Waals surface area contributed by atoms with Crippen molar-refractivity contribution < 1.29 is 9.53 Å². The molecule has 0 saturated carbocycles. The van der Waals surface area contributed by atoms with E-state index in [0.29, 0.717) is 0 Å². The highest BCUT2D eigenvalue weighted by Gasteiger charge is 2.34. The van der Waals surface area contributed by atoms with E-state index in [9.17, 15) is 4.79 Å². The summed E-state index contributed by atoms with van der Waals surface area (Å²) in [5.74, 6) is 2.72. The number of aryl methyl sites for hydroxylation is 1. The van der Waals surface area contributed by atoms with Crippen LogP contribution in [0.2, 0.25) is 0 Å². The second-order valence-electron chi connectivity index (χ2n) is 8.83. The Labute approximate surface area is 195 Å². The van der Waals surface area contributed by atoms with Crippen LogP contribution in [0, 0.1) is 6.92 Å². The minimum atomic E-state index is -0.0863. The van der Waals surface area contributed by atoms with E-state index in [1.54, 1.807) is 7.11 Å². The van der Waals surface area contributed by atoms with Crippen LogP contribution in [-0.2, 0) is 13.0 Å². The lowest BCUT2D eigenvalue weighted by Gasteiger charge is -2.33. The summed E-state index contributed by atoms with van der Waals surface area (Å²) >= 11 is 0. The van der Waals surface area contributed by atoms with Crippen molar-refractivity contribution in [1.82, 2.24) is 14.9 Å². The average molecular weight is 443 g/mol. The van der Waals surface area contributed by atoms with Crippen LogP contribution in [0.15, 0.2) is 54.6 Å². The Bertz CT molecular complexity index is 1150. The van der Waals surface area contributed by atoms with E-state index in [2.05, 4.69) is 17.9 Å². The topological polar surface area (TPSA) is 58.6 Å². The van der Waals surface area contributed by atoms with E-state index in [0.717, 1.165) is 79.5 Å². The Hall–Kier alpha value is -3.41. The molecule has 0 radical (unpaired) electrons. The summed E-state index contributed by atoms with van der Waals surface area (Å²) in [6.07, 6.45) is 3.92. The van der Waals surface area contributed by atoms with E-state index < -0.39 is 0 Å². The number of methoxy groups -OCH3 is 1. The first-order valence-corrected chi connectivity index (χ1v) is 11.8. The van der Waals surface area contributed by atoms with Crippen molar-refractivity contribution in [2.75, 3.05) is 25.1 Å². The fourth-order valence-corrected chi connectivity index (χ4v) is 5.08. The second kappa shape index (κ2) is 9.22. The molecule has 1 saturated heterocycles. The number of carbonyl (C=O) groups is 1. The van der Waals surface area contributed by atoms with Gasteiger partial charge in [0.05, 0.1) is 13.2 Å². The van der Waals surface area contributed by atoms with E-state index in [4.69, 9.17) is 14.7 Å². The predicted octanol–water partition coefficient (Wildman–Crippen LogP) is 4.72. The minimum Gasteiger partial charge on any atom is -0.496 e. The van der Waals surface area contributed by atoms with Crippen molar-refractivity contribution in [3.05, 3.63) is 82.8 Å². The molecule has 1 unspecified atom stereocenters. The summed E-state index contributed by atoms with van der Waals surface area (Å²) in [4.78, 5) is 27.5. The largest absolute Gasteiger partial charge is 0.496 e. The smallest absolute Gasteiger partial charge is 0.254 e. The third kappa shape index (κ3) is 4.17. The van der Waals surface area contributed by atoms with Gasteiger partial charge in [-0.05, 0) is 50.8 Å². The summed E-state index contributed by atoms with van der Waals surface area (Å²) in [5, 5.41) is 0. The number of benzene rings is 2. The molecule has 1 fully saturated rings. The number of aromatic nitrogens is 2. The molecule has 5 rings (SSSR count). The van der Waals surface area contributed by atoms with Gasteiger partial charge in [-0.25, -0.2) is 9.97 Å². The van der Waals surface area contributed by atoms with Crippen molar-refractivity contribution in [3.8, 4) is 5.75 Å². The van der Waals surface area contributed by atoms with Crippen LogP contribution in [-0.4, -0.2) is 41.0 Å². The van der Waals surface area contributed by atoms with E-state index in [-0.39, 0.29) is 11.9 Å². The maximum atomic E-state index is 13.2. The van der Waals surface area contributed by atoms with Gasteiger partial charge in [-0.2, -0.15) is 0 Å². The van der Waals surface area contributed by atoms with Crippen molar-refractivity contribution in [2.24, 2.45) is 0 Å². The summed E-state index contributed by atoms with van der Waals surface area (Å²) < 4.78 is 5.58. The molecule has 2 aliphatic heterocycles. The number of anilines is 1. The normalized spacial score (nSPS) is 17.7. The fourth-order valence-electron chi connectivity index (χ4n) is 5.08. The van der Waals surface area contributed by atoms with Crippen LogP contribution in [0.25, 0.3) is 0 Å². The standard InChI is InChI=1S/C27H30N4O2/c1-19-22-13-8-16-30(18-21-12-6-7-15-24(21)33-2)26(22)29-25(28-19)23-14-9-17-31(23)27(32)20-10-4-3-5-11-20/h3-7,10-12,15,23H,8-9,13-14,16-18H2,1-2H3. The molecule has 0 aliphatic carbocycles. The van der Waals surface area contributed by atoms with Crippen molar-refractivity contribution in [3.63, 3.8) is 0 Å². The van der Waals surface area contributed by atoms with Crippen LogP contribution in [0.3, 0.4) is 0 Å². The SMILES string of the molecule is COc1ccccc1CN1CCCc2c(C)nc(C3CCCN3C(=O)c3ccccc3)nc21. The van der Waals surface area contributed by atoms with Gasteiger partial charge in [0.2, 0.25) is 0 Å². The number of nitrogens with zero attached hydrogens (tertiary/aromatic N) is 4. The highest BCUT2D eigenvalue weighted by atomic mass is 16.5. The Morgan fingerprint density at radius 1 is 1.03 bits per heavy atom. The summed E-state index contributed by atoms with van der Waals surface area (Å²) in [6, 6.07) is 17.6. The molecular formula is C27H30N4O2. The Morgan fingerprint density at radius 3 is 2.64 bits per heavy atom. The highest BCUT2D eigenvalue weighted by molar-refractivity contribution is 5.94. The molecule has 3 aromatic rings. The number of ether oxygens (including phenoxy) is 1. The molecule has 6 heteroatoms. The van der Waals surface area contributed by atoms with Gasteiger partial charge in [0, 0.05) is 42.0 Å². The van der Waals surface area contributed by atoms with E-state index >= 15 is 0 Å². The van der Waals surface area contributed by atoms with Crippen molar-refractivity contribution in [2.45, 2.75) is 45.2 Å². The number of para-hydroxylation sites is 1. The Morgan fingerprint density at radius 2 is 1.82 bits per heavy atom. The van der Waals surface area contributed by atoms with Gasteiger partial charge in [0.25, 0.3) is 5.91 Å². The fraction of sp³-hybridized carbons (Fsp3) is 0.370. The van der Waals surface area contributed by atoms with Gasteiger partial charge in [0.15, 0.2) is 5.82 Å². The minimum absolute atomic E-state index is 0.0583. The number of hydrogen-bond donors (Lipinski definition) is 0. The molecule has 2 aromatic carbocycles. The van der Waals surface area contributed by atoms with Gasteiger partial charge in [0.1, 0.15) is 11.6 Å². The first-order valence-electron chi connectivity index (χ1n) is 11.8. The van der Waals surface area contributed by atoms with Gasteiger partial charge in [-0.3, -0.25) is 4.79 Å². The molecule has 0 spiro atoms. The van der Waals surface area contributed by atoms with Crippen LogP contribution >= 0.6 is 0 Å². The lowest BCUT2D eigenvalue weighted by atomic mass is 10.0. The van der Waals surface area contributed by atoms with Crippen molar-refractivity contribution >= 4 is 11.7 Å². The highest BCUT2D eigenvalue weighted by Crippen LogP contribution is 2.36. The second-order valence-corrected chi connectivity index (χ2v) is 8.83. The van der Waals surface area contributed by atoms with Crippen LogP contribution in [0.5, 0.6) is 5.75 Å². The first-order chi connectivity index (χ1) is 16.2. The lowest BCUT2D eigenvalue weighted by Crippen LogP contribution is -2.34. The number of carbonyl (C=O) groups excluding carboxylic acids is 1. The van der Waals surface area contributed by atoms with Gasteiger partial charge >= 0.3 is 0 Å². The number of fused-ring (bicyclic) bond motifs is 1. The molecule has 170 valence electrons. The molecule has 3 heterocycles. The van der Waals surface area contributed by atoms with Gasteiger partial charge < -0.3 is 14.5 Å². The van der Waals surface area contributed by atoms with Crippen LogP contribution in [0.1, 0.15) is 58.3 Å². The third-order valence-corrected chi connectivity index (χ3v) is 6.75. The van der Waals surface area contributed by atoms with Crippen LogP contribution < -0.4 is 9.64 Å². The average Bonchev–Trinajstić information content (AvgIpc) is 3.35. The number of rotatable bonds is 5. The van der Waals surface area contributed by atoms with Gasteiger partial charge in [-0.1, -0.05) is 36.4 Å². The first kappa shape index (κ1) is 21.4. The number of likely N-dealkylation sites (tertiary alicyclic amines) is 1. The maximum Gasteiger partial charge on any atom is 0.254 e. The third-order valence-electron chi connectivity index (χ3n) is 6.75. The molecule has 6 nitrogen and oxygen atoms in total. The molecular weight excluding hydrogens is 412 g/mol. The molecule has 1 atom stereocenters. The van der Waals surface area contributed by atoms with Crippen LogP contribution in [0.4, 0.5) is 5.82 Å². The number of hydrogen-bond acceptors (Lipinski definition) is 5. The molecule has 0 N–H and O–H groups in total. The lowest BCUT2D eigenvalue weighted by molar-refractivity contribution is 0.0729. The maximum absolute atomic E-state index is 13.2. The molecule has 1 aromatic heterocycles. The molecule has 33 heavy (non-hydrogen) atoms. The molecule has 2 aliphatic rings. The molecule has 0 bridgehead atoms. The van der Waals surface area contributed by atoms with E-state index in [1.807, 2.05) is 53.4 Å². The van der Waals surface area contributed by atoms with Gasteiger partial charge in [-0.15, -0.1) is 0 Å². The predicted molar refractivity (Wildman–Crippen MR) is 129 cm³/mol. The summed E-state index contributed by atoms with van der Waals surface area (Å²) in [5.41, 5.74) is 4.11. The quantitative estimate of drug-likeness (QED) is 0.572. The zero-order valence-corrected chi connectivity index (χ0v) is 19.3. The molecule has 1 amide bonds. The number of amides is 1. The zero-order valence-electron chi connectivity index (χ0n) is 19.3. The van der Waals surface area contributed by atoms with Crippen molar-refractivity contribution in [1.29, 1.82) is 0 Å². The Balaban J connectivity index is 1.47.